The van der Waals surface area contributed by atoms with E-state index in [1.54, 1.807) is 34.7 Å². The monoisotopic (exact) mass is 269 g/mol. The molecule has 2 heterocycles. The Bertz CT molecular complexity index is 782. The lowest BCUT2D eigenvalue weighted by molar-refractivity contribution is 0.111. The van der Waals surface area contributed by atoms with Crippen LogP contribution in [0.3, 0.4) is 0 Å². The van der Waals surface area contributed by atoms with E-state index < -0.39 is 0 Å². The average molecular weight is 269 g/mol. The molecule has 100 valence electrons. The minimum absolute atomic E-state index is 0.328. The summed E-state index contributed by atoms with van der Waals surface area (Å²) in [6.45, 7) is 0. The first kappa shape index (κ1) is 12.3. The second kappa shape index (κ2) is 4.77. The van der Waals surface area contributed by atoms with Crippen LogP contribution in [-0.4, -0.2) is 22.7 Å². The molecule has 0 bridgehead atoms. The van der Waals surface area contributed by atoms with Crippen molar-refractivity contribution in [3.63, 3.8) is 0 Å². The van der Waals surface area contributed by atoms with Gasteiger partial charge in [0.15, 0.2) is 12.1 Å². The molecule has 20 heavy (non-hydrogen) atoms. The molecule has 0 fully saturated rings. The van der Waals surface area contributed by atoms with Crippen molar-refractivity contribution in [3.05, 3.63) is 60.2 Å². The van der Waals surface area contributed by atoms with Crippen LogP contribution in [0.25, 0.3) is 5.65 Å². The van der Waals surface area contributed by atoms with E-state index in [0.29, 0.717) is 22.8 Å². The Morgan fingerprint density at radius 3 is 2.85 bits per heavy atom. The Morgan fingerprint density at radius 1 is 1.25 bits per heavy atom. The van der Waals surface area contributed by atoms with Gasteiger partial charge in [-0.2, -0.15) is 0 Å². The third-order valence-electron chi connectivity index (χ3n) is 3.17. The lowest BCUT2D eigenvalue weighted by atomic mass is 10.3. The number of aromatic nitrogens is 2. The highest BCUT2D eigenvalue weighted by Gasteiger charge is 2.16. The van der Waals surface area contributed by atoms with E-state index in [9.17, 15) is 9.18 Å². The number of imidazole rings is 1. The molecule has 0 aliphatic heterocycles. The highest BCUT2D eigenvalue weighted by atomic mass is 19.1. The SMILES string of the molecule is CN(c1cccc(F)c1)c1nc2ccccn2c1C=O. The fourth-order valence-corrected chi connectivity index (χ4v) is 2.17. The van der Waals surface area contributed by atoms with Crippen molar-refractivity contribution in [3.8, 4) is 0 Å². The minimum atomic E-state index is -0.328. The molecule has 0 radical (unpaired) electrons. The van der Waals surface area contributed by atoms with Gasteiger partial charge in [-0.1, -0.05) is 12.1 Å². The number of benzene rings is 1. The molecule has 0 aliphatic carbocycles. The number of nitrogens with zero attached hydrogens (tertiary/aromatic N) is 3. The van der Waals surface area contributed by atoms with Gasteiger partial charge in [-0.15, -0.1) is 0 Å². The van der Waals surface area contributed by atoms with Crippen molar-refractivity contribution in [2.24, 2.45) is 0 Å². The van der Waals surface area contributed by atoms with Gasteiger partial charge in [0.1, 0.15) is 17.2 Å². The zero-order valence-electron chi connectivity index (χ0n) is 10.8. The molecule has 2 aromatic heterocycles. The molecule has 1 aromatic carbocycles. The molecule has 0 aliphatic rings. The summed E-state index contributed by atoms with van der Waals surface area (Å²) in [6.07, 6.45) is 2.53. The van der Waals surface area contributed by atoms with Crippen LogP contribution in [0.15, 0.2) is 48.7 Å². The van der Waals surface area contributed by atoms with Crippen LogP contribution in [0.5, 0.6) is 0 Å². The fourth-order valence-electron chi connectivity index (χ4n) is 2.17. The highest BCUT2D eigenvalue weighted by Crippen LogP contribution is 2.26. The summed E-state index contributed by atoms with van der Waals surface area (Å²) in [7, 11) is 1.75. The predicted molar refractivity (Wildman–Crippen MR) is 75.0 cm³/mol. The molecular weight excluding hydrogens is 257 g/mol. The molecule has 3 aromatic rings. The van der Waals surface area contributed by atoms with Crippen molar-refractivity contribution >= 4 is 23.4 Å². The number of anilines is 2. The molecule has 0 saturated carbocycles. The predicted octanol–water partition coefficient (Wildman–Crippen LogP) is 3.05. The zero-order chi connectivity index (χ0) is 14.1. The lowest BCUT2D eigenvalue weighted by Crippen LogP contribution is -2.12. The number of rotatable bonds is 3. The molecule has 0 spiro atoms. The van der Waals surface area contributed by atoms with Gasteiger partial charge in [-0.3, -0.25) is 9.20 Å². The van der Waals surface area contributed by atoms with E-state index >= 15 is 0 Å². The van der Waals surface area contributed by atoms with Gasteiger partial charge in [0.25, 0.3) is 0 Å². The smallest absolute Gasteiger partial charge is 0.170 e. The summed E-state index contributed by atoms with van der Waals surface area (Å²) in [5, 5.41) is 0. The van der Waals surface area contributed by atoms with E-state index in [2.05, 4.69) is 4.98 Å². The zero-order valence-corrected chi connectivity index (χ0v) is 10.8. The molecule has 0 unspecified atom stereocenters. The van der Waals surface area contributed by atoms with E-state index in [-0.39, 0.29) is 5.82 Å². The third-order valence-corrected chi connectivity index (χ3v) is 3.17. The van der Waals surface area contributed by atoms with Crippen LogP contribution in [0.4, 0.5) is 15.9 Å². The Balaban J connectivity index is 2.16. The standard InChI is InChI=1S/C15H12FN3O/c1-18(12-6-4-5-11(16)9-12)15-13(10-20)19-8-3-2-7-14(19)17-15/h2-10H,1H3. The van der Waals surface area contributed by atoms with E-state index in [1.807, 2.05) is 18.2 Å². The molecule has 3 rings (SSSR count). The van der Waals surface area contributed by atoms with E-state index in [4.69, 9.17) is 0 Å². The lowest BCUT2D eigenvalue weighted by Gasteiger charge is -2.17. The summed E-state index contributed by atoms with van der Waals surface area (Å²) >= 11 is 0. The molecular formula is C15H12FN3O. The summed E-state index contributed by atoms with van der Waals surface area (Å²) in [6, 6.07) is 11.7. The van der Waals surface area contributed by atoms with Gasteiger partial charge in [0.05, 0.1) is 0 Å². The molecule has 0 saturated heterocycles. The number of hydrogen-bond donors (Lipinski definition) is 0. The minimum Gasteiger partial charge on any atom is -0.327 e. The number of halogens is 1. The molecule has 0 atom stereocenters. The van der Waals surface area contributed by atoms with Crippen molar-refractivity contribution in [1.29, 1.82) is 0 Å². The number of carbonyl (C=O) groups is 1. The first-order valence-corrected chi connectivity index (χ1v) is 6.12. The Hall–Kier alpha value is -2.69. The van der Waals surface area contributed by atoms with Gasteiger partial charge in [-0.05, 0) is 30.3 Å². The summed E-state index contributed by atoms with van der Waals surface area (Å²) in [5.74, 6) is 0.169. The van der Waals surface area contributed by atoms with Crippen LogP contribution >= 0.6 is 0 Å². The topological polar surface area (TPSA) is 37.6 Å². The number of pyridine rings is 1. The van der Waals surface area contributed by atoms with Crippen LogP contribution in [0.2, 0.25) is 0 Å². The maximum absolute atomic E-state index is 13.3. The van der Waals surface area contributed by atoms with Crippen molar-refractivity contribution in [1.82, 2.24) is 9.38 Å². The van der Waals surface area contributed by atoms with Crippen LogP contribution in [-0.2, 0) is 0 Å². The highest BCUT2D eigenvalue weighted by molar-refractivity contribution is 5.85. The van der Waals surface area contributed by atoms with Crippen molar-refractivity contribution in [2.75, 3.05) is 11.9 Å². The molecule has 0 N–H and O–H groups in total. The number of fused-ring (bicyclic) bond motifs is 1. The summed E-state index contributed by atoms with van der Waals surface area (Å²) in [5.41, 5.74) is 1.75. The van der Waals surface area contributed by atoms with Crippen molar-refractivity contribution in [2.45, 2.75) is 0 Å². The van der Waals surface area contributed by atoms with Gasteiger partial charge >= 0.3 is 0 Å². The first-order chi connectivity index (χ1) is 9.70. The number of carbonyl (C=O) groups excluding carboxylic acids is 1. The van der Waals surface area contributed by atoms with Crippen LogP contribution < -0.4 is 4.90 Å². The second-order valence-corrected chi connectivity index (χ2v) is 4.41. The van der Waals surface area contributed by atoms with Crippen LogP contribution in [0.1, 0.15) is 10.5 Å². The molecule has 5 heteroatoms. The van der Waals surface area contributed by atoms with Crippen molar-refractivity contribution < 1.29 is 9.18 Å². The maximum Gasteiger partial charge on any atom is 0.170 e. The van der Waals surface area contributed by atoms with Gasteiger partial charge < -0.3 is 4.90 Å². The summed E-state index contributed by atoms with van der Waals surface area (Å²) in [4.78, 5) is 17.5. The van der Waals surface area contributed by atoms with Crippen LogP contribution in [0, 0.1) is 5.82 Å². The Morgan fingerprint density at radius 2 is 2.10 bits per heavy atom. The molecule has 4 nitrogen and oxygen atoms in total. The average Bonchev–Trinajstić information content (AvgIpc) is 2.85. The van der Waals surface area contributed by atoms with Gasteiger partial charge in [-0.25, -0.2) is 9.37 Å². The quantitative estimate of drug-likeness (QED) is 0.686. The number of aldehydes is 1. The third kappa shape index (κ3) is 1.93. The van der Waals surface area contributed by atoms with E-state index in [0.717, 1.165) is 6.29 Å². The van der Waals surface area contributed by atoms with Gasteiger partial charge in [0.2, 0.25) is 0 Å². The maximum atomic E-state index is 13.3. The fraction of sp³-hybridized carbons (Fsp3) is 0.0667. The Labute approximate surface area is 115 Å². The normalized spacial score (nSPS) is 10.7. The van der Waals surface area contributed by atoms with Gasteiger partial charge in [0, 0.05) is 18.9 Å². The van der Waals surface area contributed by atoms with E-state index in [1.165, 1.54) is 12.1 Å². The number of hydrogen-bond acceptors (Lipinski definition) is 3. The first-order valence-electron chi connectivity index (χ1n) is 6.12. The molecule has 0 amide bonds. The largest absolute Gasteiger partial charge is 0.327 e. The summed E-state index contributed by atoms with van der Waals surface area (Å²) < 4.78 is 15.0. The Kier molecular flexibility index (Phi) is 2.95. The second-order valence-electron chi connectivity index (χ2n) is 4.41.